The average Bonchev–Trinajstić information content (AvgIpc) is 3.11. The Hall–Kier alpha value is -0.920. The van der Waals surface area contributed by atoms with Crippen molar-refractivity contribution >= 4 is 13.8 Å². The summed E-state index contributed by atoms with van der Waals surface area (Å²) in [6, 6.07) is 0. The number of ether oxygens (including phenoxy) is 2. The van der Waals surface area contributed by atoms with E-state index in [-0.39, 0.29) is 25.8 Å². The van der Waals surface area contributed by atoms with Crippen LogP contribution in [0.3, 0.4) is 0 Å². The van der Waals surface area contributed by atoms with Gasteiger partial charge in [-0.1, -0.05) is 187 Å². The molecule has 8 nitrogen and oxygen atoms in total. The third kappa shape index (κ3) is 42.1. The van der Waals surface area contributed by atoms with Crippen LogP contribution >= 0.6 is 7.82 Å². The van der Waals surface area contributed by atoms with Crippen LogP contribution in [0.4, 0.5) is 0 Å². The number of phosphoric acid groups is 1. The van der Waals surface area contributed by atoms with Crippen LogP contribution in [-0.4, -0.2) is 64.1 Å². The number of quaternary nitrogens is 1. The number of nitrogens with zero attached hydrogens (tertiary/aromatic N) is 1. The van der Waals surface area contributed by atoms with Crippen LogP contribution in [0.15, 0.2) is 12.3 Å². The summed E-state index contributed by atoms with van der Waals surface area (Å²) >= 11 is 0. The van der Waals surface area contributed by atoms with Gasteiger partial charge in [0.2, 0.25) is 0 Å². The highest BCUT2D eigenvalue weighted by Crippen LogP contribution is 2.38. The molecule has 0 rings (SSSR count). The SMILES string of the molecule is CCCCCCCCCCCCCCCCCC/C=C/OC[C@H](COP(=O)([O-])OCC[N+](C)(C)C)OC(=O)CCCCCCCCCCCCCCC. The van der Waals surface area contributed by atoms with Gasteiger partial charge in [0.05, 0.1) is 34.0 Å². The Morgan fingerprint density at radius 3 is 1.40 bits per heavy atom. The summed E-state index contributed by atoms with van der Waals surface area (Å²) in [6.07, 6.45) is 41.7. The monoisotopic (exact) mass is 774 g/mol. The van der Waals surface area contributed by atoms with Gasteiger partial charge in [-0.05, 0) is 25.3 Å². The number of esters is 1. The quantitative estimate of drug-likeness (QED) is 0.0200. The van der Waals surface area contributed by atoms with E-state index in [1.54, 1.807) is 6.26 Å². The van der Waals surface area contributed by atoms with Gasteiger partial charge in [-0.25, -0.2) is 0 Å². The van der Waals surface area contributed by atoms with Crippen molar-refractivity contribution in [2.24, 2.45) is 0 Å². The van der Waals surface area contributed by atoms with E-state index in [0.29, 0.717) is 17.4 Å². The zero-order chi connectivity index (χ0) is 39.1. The fourth-order valence-electron chi connectivity index (χ4n) is 6.40. The normalized spacial score (nSPS) is 13.8. The minimum atomic E-state index is -4.53. The van der Waals surface area contributed by atoms with Crippen LogP contribution in [0.5, 0.6) is 0 Å². The second-order valence-corrected chi connectivity index (χ2v) is 17.9. The third-order valence-corrected chi connectivity index (χ3v) is 10.9. The molecule has 0 aromatic heterocycles. The second kappa shape index (κ2) is 38.0. The number of carbonyl (C=O) groups excluding carboxylic acids is 1. The van der Waals surface area contributed by atoms with Crippen molar-refractivity contribution in [3.05, 3.63) is 12.3 Å². The molecule has 316 valence electrons. The summed E-state index contributed by atoms with van der Waals surface area (Å²) in [5.41, 5.74) is 0. The van der Waals surface area contributed by atoms with Crippen molar-refractivity contribution in [1.29, 1.82) is 0 Å². The molecule has 0 aromatic rings. The predicted molar refractivity (Wildman–Crippen MR) is 222 cm³/mol. The number of phosphoric ester groups is 1. The molecule has 0 bridgehead atoms. The minimum Gasteiger partial charge on any atom is -0.756 e. The number of unbranched alkanes of at least 4 members (excludes halogenated alkanes) is 28. The van der Waals surface area contributed by atoms with Crippen molar-refractivity contribution < 1.29 is 37.3 Å². The first-order chi connectivity index (χ1) is 25.6. The highest BCUT2D eigenvalue weighted by atomic mass is 31.2. The number of likely N-dealkylation sites (N-methyl/N-ethyl adjacent to an activating group) is 1. The summed E-state index contributed by atoms with van der Waals surface area (Å²) in [5.74, 6) is -0.353. The molecule has 0 radical (unpaired) electrons. The van der Waals surface area contributed by atoms with Gasteiger partial charge >= 0.3 is 5.97 Å². The molecule has 0 fully saturated rings. The highest BCUT2D eigenvalue weighted by molar-refractivity contribution is 7.45. The van der Waals surface area contributed by atoms with Gasteiger partial charge < -0.3 is 27.9 Å². The zero-order valence-electron chi connectivity index (χ0n) is 35.7. The van der Waals surface area contributed by atoms with Gasteiger partial charge in [-0.15, -0.1) is 0 Å². The van der Waals surface area contributed by atoms with Crippen molar-refractivity contribution in [3.63, 3.8) is 0 Å². The maximum atomic E-state index is 12.6. The van der Waals surface area contributed by atoms with Gasteiger partial charge in [-0.2, -0.15) is 0 Å². The highest BCUT2D eigenvalue weighted by Gasteiger charge is 2.20. The van der Waals surface area contributed by atoms with Crippen LogP contribution in [0.25, 0.3) is 0 Å². The third-order valence-electron chi connectivity index (χ3n) is 9.91. The molecular formula is C44H88NO7P. The summed E-state index contributed by atoms with van der Waals surface area (Å²) in [4.78, 5) is 25.0. The number of rotatable bonds is 42. The molecule has 0 aliphatic rings. The van der Waals surface area contributed by atoms with Crippen LogP contribution in [0.1, 0.15) is 213 Å². The number of hydrogen-bond acceptors (Lipinski definition) is 7. The first kappa shape index (κ1) is 52.1. The lowest BCUT2D eigenvalue weighted by Crippen LogP contribution is -2.37. The van der Waals surface area contributed by atoms with E-state index in [1.165, 1.54) is 161 Å². The lowest BCUT2D eigenvalue weighted by Gasteiger charge is -2.28. The summed E-state index contributed by atoms with van der Waals surface area (Å²) in [6.45, 7) is 4.77. The Bertz CT molecular complexity index is 863. The number of allylic oxidation sites excluding steroid dienone is 1. The largest absolute Gasteiger partial charge is 0.756 e. The van der Waals surface area contributed by atoms with Crippen LogP contribution < -0.4 is 4.89 Å². The van der Waals surface area contributed by atoms with Gasteiger partial charge in [0.15, 0.2) is 6.10 Å². The van der Waals surface area contributed by atoms with Gasteiger partial charge in [0, 0.05) is 6.42 Å². The zero-order valence-corrected chi connectivity index (χ0v) is 36.6. The van der Waals surface area contributed by atoms with Crippen LogP contribution in [0, 0.1) is 0 Å². The molecule has 0 aliphatic carbocycles. The van der Waals surface area contributed by atoms with Crippen molar-refractivity contribution in [2.75, 3.05) is 47.5 Å². The number of hydrogen-bond donors (Lipinski definition) is 0. The summed E-state index contributed by atoms with van der Waals surface area (Å²) in [7, 11) is 1.34. The van der Waals surface area contributed by atoms with E-state index in [4.69, 9.17) is 18.5 Å². The molecule has 0 aromatic carbocycles. The van der Waals surface area contributed by atoms with E-state index in [9.17, 15) is 14.3 Å². The van der Waals surface area contributed by atoms with Gasteiger partial charge in [0.1, 0.15) is 19.8 Å². The standard InChI is InChI=1S/C44H88NO7P/c1-6-8-10-12-14-16-18-20-21-22-23-24-26-28-30-32-34-36-39-49-41-43(42-51-53(47,48)50-40-38-45(3,4)5)52-44(46)37-35-33-31-29-27-25-19-17-15-13-11-9-7-2/h36,39,43H,6-35,37-38,40-42H2,1-5H3/b39-36+/t43-/m1/s1. The summed E-state index contributed by atoms with van der Waals surface area (Å²) in [5, 5.41) is 0. The Balaban J connectivity index is 4.22. The minimum absolute atomic E-state index is 0.0202. The Morgan fingerprint density at radius 1 is 0.585 bits per heavy atom. The molecule has 2 atom stereocenters. The molecule has 0 saturated heterocycles. The average molecular weight is 774 g/mol. The van der Waals surface area contributed by atoms with E-state index in [0.717, 1.165) is 32.1 Å². The lowest BCUT2D eigenvalue weighted by atomic mass is 10.0. The van der Waals surface area contributed by atoms with E-state index < -0.39 is 13.9 Å². The summed E-state index contributed by atoms with van der Waals surface area (Å²) < 4.78 is 34.3. The molecule has 0 amide bonds. The maximum absolute atomic E-state index is 12.6. The molecule has 1 unspecified atom stereocenters. The molecule has 0 N–H and O–H groups in total. The van der Waals surface area contributed by atoms with E-state index >= 15 is 0 Å². The lowest BCUT2D eigenvalue weighted by molar-refractivity contribution is -0.870. The first-order valence-corrected chi connectivity index (χ1v) is 23.9. The van der Waals surface area contributed by atoms with E-state index in [2.05, 4.69) is 13.8 Å². The van der Waals surface area contributed by atoms with Crippen LogP contribution in [-0.2, 0) is 27.9 Å². The molecule has 0 saturated carbocycles. The molecule has 0 heterocycles. The van der Waals surface area contributed by atoms with Gasteiger partial charge in [0.25, 0.3) is 7.82 Å². The second-order valence-electron chi connectivity index (χ2n) is 16.5. The molecule has 53 heavy (non-hydrogen) atoms. The molecular weight excluding hydrogens is 685 g/mol. The van der Waals surface area contributed by atoms with Crippen molar-refractivity contribution in [1.82, 2.24) is 0 Å². The smallest absolute Gasteiger partial charge is 0.306 e. The van der Waals surface area contributed by atoms with Crippen molar-refractivity contribution in [3.8, 4) is 0 Å². The fraction of sp³-hybridized carbons (Fsp3) is 0.932. The maximum Gasteiger partial charge on any atom is 0.306 e. The Morgan fingerprint density at radius 2 is 0.981 bits per heavy atom. The fourth-order valence-corrected chi connectivity index (χ4v) is 7.12. The molecule has 0 spiro atoms. The van der Waals surface area contributed by atoms with Gasteiger partial charge in [-0.3, -0.25) is 9.36 Å². The first-order valence-electron chi connectivity index (χ1n) is 22.5. The number of carbonyl (C=O) groups is 1. The van der Waals surface area contributed by atoms with Crippen LogP contribution in [0.2, 0.25) is 0 Å². The Kier molecular flexibility index (Phi) is 37.3. The predicted octanol–water partition coefficient (Wildman–Crippen LogP) is 12.8. The molecule has 9 heteroatoms. The van der Waals surface area contributed by atoms with Crippen molar-refractivity contribution in [2.45, 2.75) is 219 Å². The Labute approximate surface area is 329 Å². The topological polar surface area (TPSA) is 94.1 Å². The molecule has 0 aliphatic heterocycles. The van der Waals surface area contributed by atoms with E-state index in [1.807, 2.05) is 27.2 Å².